The van der Waals surface area contributed by atoms with E-state index in [0.29, 0.717) is 16.6 Å². The summed E-state index contributed by atoms with van der Waals surface area (Å²) < 4.78 is 1.94. The van der Waals surface area contributed by atoms with Crippen LogP contribution < -0.4 is 5.73 Å². The lowest BCUT2D eigenvalue weighted by Crippen LogP contribution is -1.97. The maximum atomic E-state index is 6.19. The maximum absolute atomic E-state index is 6.19. The Bertz CT molecular complexity index is 750. The Morgan fingerprint density at radius 2 is 1.95 bits per heavy atom. The van der Waals surface area contributed by atoms with E-state index in [0.717, 1.165) is 22.5 Å². The van der Waals surface area contributed by atoms with Crippen LogP contribution in [0.2, 0.25) is 10.0 Å². The van der Waals surface area contributed by atoms with Gasteiger partial charge in [-0.1, -0.05) is 29.3 Å². The predicted molar refractivity (Wildman–Crippen MR) is 78.5 cm³/mol. The smallest absolute Gasteiger partial charge is 0.137 e. The minimum absolute atomic E-state index is 0.501. The third-order valence-corrected chi connectivity index (χ3v) is 3.52. The Balaban J connectivity index is 2.17. The molecule has 19 heavy (non-hydrogen) atoms. The van der Waals surface area contributed by atoms with Gasteiger partial charge in [0.1, 0.15) is 5.65 Å². The summed E-state index contributed by atoms with van der Waals surface area (Å²) in [6.07, 6.45) is 3.89. The van der Waals surface area contributed by atoms with Crippen LogP contribution in [0.3, 0.4) is 0 Å². The topological polar surface area (TPSA) is 43.3 Å². The standard InChI is InChI=1S/C14H11Cl2N3/c15-10-2-3-12(16)11(5-10)13-8-19-7-9(6-17)1-4-14(19)18-13/h1-5,7-8H,6,17H2. The first-order chi connectivity index (χ1) is 9.17. The van der Waals surface area contributed by atoms with Gasteiger partial charge in [-0.25, -0.2) is 4.98 Å². The number of aromatic nitrogens is 2. The molecule has 0 aliphatic carbocycles. The molecule has 1 aromatic carbocycles. The van der Waals surface area contributed by atoms with Gasteiger partial charge < -0.3 is 10.1 Å². The molecule has 0 unspecified atom stereocenters. The quantitative estimate of drug-likeness (QED) is 0.781. The first-order valence-electron chi connectivity index (χ1n) is 5.80. The van der Waals surface area contributed by atoms with Gasteiger partial charge in [0.25, 0.3) is 0 Å². The molecule has 96 valence electrons. The van der Waals surface area contributed by atoms with Crippen molar-refractivity contribution in [2.75, 3.05) is 0 Å². The van der Waals surface area contributed by atoms with Gasteiger partial charge in [-0.2, -0.15) is 0 Å². The maximum Gasteiger partial charge on any atom is 0.137 e. The number of rotatable bonds is 2. The number of halogens is 2. The van der Waals surface area contributed by atoms with E-state index in [-0.39, 0.29) is 0 Å². The highest BCUT2D eigenvalue weighted by Crippen LogP contribution is 2.30. The van der Waals surface area contributed by atoms with Crippen molar-refractivity contribution in [3.63, 3.8) is 0 Å². The summed E-state index contributed by atoms with van der Waals surface area (Å²) in [6, 6.07) is 9.25. The van der Waals surface area contributed by atoms with Crippen LogP contribution >= 0.6 is 23.2 Å². The molecule has 3 nitrogen and oxygen atoms in total. The van der Waals surface area contributed by atoms with E-state index in [1.54, 1.807) is 12.1 Å². The van der Waals surface area contributed by atoms with E-state index < -0.39 is 0 Å². The van der Waals surface area contributed by atoms with Crippen molar-refractivity contribution in [2.24, 2.45) is 5.73 Å². The lowest BCUT2D eigenvalue weighted by atomic mass is 10.2. The average Bonchev–Trinajstić information content (AvgIpc) is 2.83. The van der Waals surface area contributed by atoms with Gasteiger partial charge >= 0.3 is 0 Å². The molecule has 5 heteroatoms. The normalized spacial score (nSPS) is 11.1. The van der Waals surface area contributed by atoms with Crippen molar-refractivity contribution in [2.45, 2.75) is 6.54 Å². The lowest BCUT2D eigenvalue weighted by molar-refractivity contribution is 1.03. The molecule has 2 aromatic heterocycles. The molecule has 0 bridgehead atoms. The Hall–Kier alpha value is -1.55. The minimum Gasteiger partial charge on any atom is -0.326 e. The Morgan fingerprint density at radius 1 is 1.11 bits per heavy atom. The number of nitrogens with zero attached hydrogens (tertiary/aromatic N) is 2. The summed E-state index contributed by atoms with van der Waals surface area (Å²) in [7, 11) is 0. The van der Waals surface area contributed by atoms with Crippen molar-refractivity contribution in [1.29, 1.82) is 0 Å². The highest BCUT2D eigenvalue weighted by Gasteiger charge is 2.09. The second kappa shape index (κ2) is 4.85. The van der Waals surface area contributed by atoms with Crippen molar-refractivity contribution >= 4 is 28.8 Å². The van der Waals surface area contributed by atoms with Crippen LogP contribution in [0.1, 0.15) is 5.56 Å². The first kappa shape index (κ1) is 12.5. The van der Waals surface area contributed by atoms with Gasteiger partial charge in [-0.3, -0.25) is 0 Å². The number of imidazole rings is 1. The number of pyridine rings is 1. The van der Waals surface area contributed by atoms with Crippen molar-refractivity contribution in [1.82, 2.24) is 9.38 Å². The molecular formula is C14H11Cl2N3. The summed E-state index contributed by atoms with van der Waals surface area (Å²) in [5.41, 5.74) is 9.15. The first-order valence-corrected chi connectivity index (χ1v) is 6.56. The molecule has 0 saturated heterocycles. The van der Waals surface area contributed by atoms with Gasteiger partial charge in [-0.15, -0.1) is 0 Å². The third-order valence-electron chi connectivity index (χ3n) is 2.95. The molecular weight excluding hydrogens is 281 g/mol. The fraction of sp³-hybridized carbons (Fsp3) is 0.0714. The SMILES string of the molecule is NCc1ccc2nc(-c3cc(Cl)ccc3Cl)cn2c1. The molecule has 0 fully saturated rings. The van der Waals surface area contributed by atoms with Crippen molar-refractivity contribution < 1.29 is 0 Å². The van der Waals surface area contributed by atoms with Gasteiger partial charge in [-0.05, 0) is 29.8 Å². The van der Waals surface area contributed by atoms with E-state index >= 15 is 0 Å². The number of fused-ring (bicyclic) bond motifs is 1. The molecule has 3 rings (SSSR count). The van der Waals surface area contributed by atoms with Gasteiger partial charge in [0.2, 0.25) is 0 Å². The Morgan fingerprint density at radius 3 is 2.74 bits per heavy atom. The molecule has 0 saturated carbocycles. The van der Waals surface area contributed by atoms with E-state index in [9.17, 15) is 0 Å². The molecule has 0 aliphatic heterocycles. The average molecular weight is 292 g/mol. The van der Waals surface area contributed by atoms with E-state index in [2.05, 4.69) is 4.98 Å². The van der Waals surface area contributed by atoms with Crippen LogP contribution in [0.4, 0.5) is 0 Å². The highest BCUT2D eigenvalue weighted by molar-refractivity contribution is 6.35. The van der Waals surface area contributed by atoms with E-state index in [1.807, 2.05) is 35.0 Å². The van der Waals surface area contributed by atoms with Gasteiger partial charge in [0.05, 0.1) is 10.7 Å². The molecule has 3 aromatic rings. The zero-order valence-electron chi connectivity index (χ0n) is 9.98. The Labute approximate surface area is 120 Å². The van der Waals surface area contributed by atoms with Crippen LogP contribution in [0.5, 0.6) is 0 Å². The second-order valence-corrected chi connectivity index (χ2v) is 5.10. The Kier molecular flexibility index (Phi) is 3.19. The number of hydrogen-bond acceptors (Lipinski definition) is 2. The van der Waals surface area contributed by atoms with Crippen LogP contribution in [0.15, 0.2) is 42.7 Å². The van der Waals surface area contributed by atoms with E-state index in [4.69, 9.17) is 28.9 Å². The fourth-order valence-electron chi connectivity index (χ4n) is 1.98. The second-order valence-electron chi connectivity index (χ2n) is 4.26. The third kappa shape index (κ3) is 2.32. The van der Waals surface area contributed by atoms with Crippen LogP contribution in [-0.2, 0) is 6.54 Å². The number of benzene rings is 1. The van der Waals surface area contributed by atoms with Crippen molar-refractivity contribution in [3.8, 4) is 11.3 Å². The lowest BCUT2D eigenvalue weighted by Gasteiger charge is -2.00. The van der Waals surface area contributed by atoms with Crippen LogP contribution in [-0.4, -0.2) is 9.38 Å². The summed E-state index contributed by atoms with van der Waals surface area (Å²) in [4.78, 5) is 4.54. The molecule has 2 N–H and O–H groups in total. The molecule has 2 heterocycles. The number of hydrogen-bond donors (Lipinski definition) is 1. The van der Waals surface area contributed by atoms with Gasteiger partial charge in [0, 0.05) is 29.5 Å². The zero-order chi connectivity index (χ0) is 13.4. The van der Waals surface area contributed by atoms with Crippen LogP contribution in [0.25, 0.3) is 16.9 Å². The monoisotopic (exact) mass is 291 g/mol. The fourth-order valence-corrected chi connectivity index (χ4v) is 2.37. The summed E-state index contributed by atoms with van der Waals surface area (Å²) in [5.74, 6) is 0. The van der Waals surface area contributed by atoms with E-state index in [1.165, 1.54) is 0 Å². The summed E-state index contributed by atoms with van der Waals surface area (Å²) in [6.45, 7) is 0.501. The predicted octanol–water partition coefficient (Wildman–Crippen LogP) is 3.77. The summed E-state index contributed by atoms with van der Waals surface area (Å²) >= 11 is 12.2. The highest BCUT2D eigenvalue weighted by atomic mass is 35.5. The molecule has 0 aliphatic rings. The summed E-state index contributed by atoms with van der Waals surface area (Å²) in [5, 5.41) is 1.27. The number of nitrogens with two attached hydrogens (primary N) is 1. The van der Waals surface area contributed by atoms with Crippen molar-refractivity contribution in [3.05, 3.63) is 58.3 Å². The molecule has 0 atom stereocenters. The van der Waals surface area contributed by atoms with Crippen LogP contribution in [0, 0.1) is 0 Å². The molecule has 0 radical (unpaired) electrons. The largest absolute Gasteiger partial charge is 0.326 e. The molecule has 0 amide bonds. The minimum atomic E-state index is 0.501. The van der Waals surface area contributed by atoms with Gasteiger partial charge in [0.15, 0.2) is 0 Å². The molecule has 0 spiro atoms. The zero-order valence-corrected chi connectivity index (χ0v) is 11.5.